The fourth-order valence-electron chi connectivity index (χ4n) is 0.745. The molecule has 13 heavy (non-hydrogen) atoms. The third-order valence-electron chi connectivity index (χ3n) is 1.63. The van der Waals surface area contributed by atoms with E-state index < -0.39 is 0 Å². The number of halogens is 2. The van der Waals surface area contributed by atoms with Crippen molar-refractivity contribution in [3.05, 3.63) is 0 Å². The molecule has 0 N–H and O–H groups in total. The first-order valence-electron chi connectivity index (χ1n) is 4.58. The number of nitrogens with zero attached hydrogens (tertiary/aromatic N) is 1. The molecule has 0 aliphatic carbocycles. The third-order valence-corrected chi connectivity index (χ3v) is 2.01. The van der Waals surface area contributed by atoms with Crippen LogP contribution in [0.5, 0.6) is 0 Å². The Bertz CT molecular complexity index is 111. The van der Waals surface area contributed by atoms with Crippen LogP contribution in [0.4, 0.5) is 0 Å². The monoisotopic (exact) mass is 227 g/mol. The molecule has 0 aromatic carbocycles. The van der Waals surface area contributed by atoms with Crippen LogP contribution in [-0.4, -0.2) is 35.7 Å². The highest BCUT2D eigenvalue weighted by atomic mass is 35.5. The van der Waals surface area contributed by atoms with Crippen molar-refractivity contribution in [2.75, 3.05) is 25.5 Å². The first-order valence-corrected chi connectivity index (χ1v) is 5.50. The van der Waals surface area contributed by atoms with Gasteiger partial charge in [-0.05, 0) is 31.2 Å². The molecule has 0 amide bonds. The summed E-state index contributed by atoms with van der Waals surface area (Å²) in [5, 5.41) is -0.370. The van der Waals surface area contributed by atoms with E-state index in [9.17, 15) is 4.79 Å². The van der Waals surface area contributed by atoms with Crippen molar-refractivity contribution in [3.8, 4) is 0 Å². The Kier molecular flexibility index (Phi) is 14.7. The molecule has 0 aliphatic rings. The number of carbonyl (C=O) groups is 1. The Morgan fingerprint density at radius 1 is 1.15 bits per heavy atom. The molecule has 4 heteroatoms. The van der Waals surface area contributed by atoms with Crippen molar-refractivity contribution in [1.29, 1.82) is 0 Å². The van der Waals surface area contributed by atoms with Gasteiger partial charge in [0, 0.05) is 12.3 Å². The fraction of sp³-hybridized carbons (Fsp3) is 0.889. The summed E-state index contributed by atoms with van der Waals surface area (Å²) >= 11 is 9.95. The highest BCUT2D eigenvalue weighted by Crippen LogP contribution is 1.88. The molecule has 0 aliphatic heterocycles. The van der Waals surface area contributed by atoms with Gasteiger partial charge in [0.1, 0.15) is 0 Å². The number of hydrogen-bond acceptors (Lipinski definition) is 2. The zero-order chi connectivity index (χ0) is 10.7. The second-order valence-electron chi connectivity index (χ2n) is 2.41. The van der Waals surface area contributed by atoms with Gasteiger partial charge < -0.3 is 4.90 Å². The van der Waals surface area contributed by atoms with Gasteiger partial charge in [0.2, 0.25) is 5.24 Å². The Hall–Kier alpha value is 0.210. The van der Waals surface area contributed by atoms with Crippen LogP contribution in [0.3, 0.4) is 0 Å². The summed E-state index contributed by atoms with van der Waals surface area (Å²) in [6.45, 7) is 10.1. The molecule has 0 saturated heterocycles. The minimum atomic E-state index is -0.370. The first-order chi connectivity index (χ1) is 6.12. The minimum Gasteiger partial charge on any atom is -0.304 e. The summed E-state index contributed by atoms with van der Waals surface area (Å²) in [6.07, 6.45) is 0.267. The lowest BCUT2D eigenvalue weighted by molar-refractivity contribution is -0.111. The summed E-state index contributed by atoms with van der Waals surface area (Å²) in [5.74, 6) is 0.322. The van der Waals surface area contributed by atoms with E-state index in [1.165, 1.54) is 19.6 Å². The van der Waals surface area contributed by atoms with E-state index >= 15 is 0 Å². The molecule has 80 valence electrons. The molecule has 0 heterocycles. The Labute approximate surface area is 91.2 Å². The molecular weight excluding hydrogens is 209 g/mol. The van der Waals surface area contributed by atoms with Gasteiger partial charge in [0.15, 0.2) is 0 Å². The van der Waals surface area contributed by atoms with E-state index in [0.717, 1.165) is 0 Å². The molecule has 0 unspecified atom stereocenters. The third kappa shape index (κ3) is 15.0. The topological polar surface area (TPSA) is 20.3 Å². The predicted octanol–water partition coefficient (Wildman–Crippen LogP) is 2.73. The van der Waals surface area contributed by atoms with Gasteiger partial charge in [0.25, 0.3) is 0 Å². The van der Waals surface area contributed by atoms with Crippen LogP contribution in [-0.2, 0) is 4.79 Å². The largest absolute Gasteiger partial charge is 0.304 e. The van der Waals surface area contributed by atoms with E-state index in [2.05, 4.69) is 25.7 Å². The maximum Gasteiger partial charge on any atom is 0.222 e. The zero-order valence-corrected chi connectivity index (χ0v) is 10.2. The molecular formula is C9H19Cl2NO. The lowest BCUT2D eigenvalue weighted by Gasteiger charge is -2.13. The van der Waals surface area contributed by atoms with Crippen LogP contribution in [0, 0.1) is 0 Å². The normalized spacial score (nSPS) is 9.38. The average molecular weight is 228 g/mol. The van der Waals surface area contributed by atoms with Crippen LogP contribution in [0.1, 0.15) is 27.2 Å². The van der Waals surface area contributed by atoms with Crippen LogP contribution in [0.15, 0.2) is 0 Å². The first kappa shape index (κ1) is 15.7. The van der Waals surface area contributed by atoms with Gasteiger partial charge in [-0.25, -0.2) is 0 Å². The Morgan fingerprint density at radius 2 is 1.54 bits per heavy atom. The molecule has 0 spiro atoms. The molecule has 0 bridgehead atoms. The summed E-state index contributed by atoms with van der Waals surface area (Å²) in [7, 11) is 0. The molecule has 0 fully saturated rings. The van der Waals surface area contributed by atoms with E-state index in [-0.39, 0.29) is 11.7 Å². The van der Waals surface area contributed by atoms with Crippen molar-refractivity contribution in [1.82, 2.24) is 4.90 Å². The fourth-order valence-corrected chi connectivity index (χ4v) is 1.11. The van der Waals surface area contributed by atoms with Crippen LogP contribution < -0.4 is 0 Å². The van der Waals surface area contributed by atoms with Gasteiger partial charge in [0.05, 0.1) is 0 Å². The second-order valence-corrected chi connectivity index (χ2v) is 3.21. The molecule has 0 aromatic heterocycles. The molecule has 0 radical (unpaired) electrons. The van der Waals surface area contributed by atoms with E-state index in [1.807, 2.05) is 0 Å². The Morgan fingerprint density at radius 3 is 1.54 bits per heavy atom. The molecule has 0 atom stereocenters. The second kappa shape index (κ2) is 12.2. The highest BCUT2D eigenvalue weighted by molar-refractivity contribution is 6.63. The Balaban J connectivity index is 0. The molecule has 0 rings (SSSR count). The van der Waals surface area contributed by atoms with Crippen LogP contribution in [0.25, 0.3) is 0 Å². The van der Waals surface area contributed by atoms with Gasteiger partial charge in [-0.1, -0.05) is 20.8 Å². The van der Waals surface area contributed by atoms with E-state index in [1.54, 1.807) is 0 Å². The molecule has 0 saturated carbocycles. The lowest BCUT2D eigenvalue weighted by Crippen LogP contribution is -2.21. The molecule has 0 aromatic rings. The minimum absolute atomic E-state index is 0.267. The summed E-state index contributed by atoms with van der Waals surface area (Å²) in [6, 6.07) is 0. The predicted molar refractivity (Wildman–Crippen MR) is 59.7 cm³/mol. The maximum absolute atomic E-state index is 9.72. The van der Waals surface area contributed by atoms with Crippen molar-refractivity contribution >= 4 is 28.4 Å². The smallest absolute Gasteiger partial charge is 0.222 e. The van der Waals surface area contributed by atoms with Gasteiger partial charge in [-0.15, -0.1) is 11.6 Å². The van der Waals surface area contributed by atoms with E-state index in [4.69, 9.17) is 23.2 Å². The summed E-state index contributed by atoms with van der Waals surface area (Å²) < 4.78 is 0. The zero-order valence-electron chi connectivity index (χ0n) is 8.65. The van der Waals surface area contributed by atoms with Crippen LogP contribution in [0.2, 0.25) is 0 Å². The number of hydrogen-bond donors (Lipinski definition) is 0. The average Bonchev–Trinajstić information content (AvgIpc) is 2.08. The summed E-state index contributed by atoms with van der Waals surface area (Å²) in [5.41, 5.74) is 0. The highest BCUT2D eigenvalue weighted by Gasteiger charge is 1.89. The lowest BCUT2D eigenvalue weighted by atomic mass is 10.5. The molecule has 2 nitrogen and oxygen atoms in total. The van der Waals surface area contributed by atoms with Crippen LogP contribution >= 0.6 is 23.2 Å². The van der Waals surface area contributed by atoms with Crippen molar-refractivity contribution in [2.45, 2.75) is 27.2 Å². The number of carbonyl (C=O) groups excluding carboxylic acids is 1. The summed E-state index contributed by atoms with van der Waals surface area (Å²) in [4.78, 5) is 12.1. The quantitative estimate of drug-likeness (QED) is 0.532. The standard InChI is InChI=1S/C6H15N.C3H4Cl2O/c1-4-7(5-2)6-3;4-2-1-3(5)6/h4-6H2,1-3H3;1-2H2. The number of rotatable bonds is 5. The van der Waals surface area contributed by atoms with Gasteiger partial charge in [-0.3, -0.25) is 4.79 Å². The maximum atomic E-state index is 9.72. The van der Waals surface area contributed by atoms with Crippen molar-refractivity contribution < 1.29 is 4.79 Å². The van der Waals surface area contributed by atoms with Crippen molar-refractivity contribution in [3.63, 3.8) is 0 Å². The SMILES string of the molecule is CCN(CC)CC.O=C(Cl)CCCl. The van der Waals surface area contributed by atoms with Gasteiger partial charge >= 0.3 is 0 Å². The van der Waals surface area contributed by atoms with E-state index in [0.29, 0.717) is 5.88 Å². The number of alkyl halides is 1. The van der Waals surface area contributed by atoms with Crippen molar-refractivity contribution in [2.24, 2.45) is 0 Å². The van der Waals surface area contributed by atoms with Gasteiger partial charge in [-0.2, -0.15) is 0 Å².